The largest absolute Gasteiger partial charge is 0.415 e. The second-order valence-electron chi connectivity index (χ2n) is 8.91. The fraction of sp³-hybridized carbons (Fsp3) is 0.133. The second-order valence-corrected chi connectivity index (χ2v) is 15.5. The lowest BCUT2D eigenvalue weighted by Crippen LogP contribution is -2.08. The molecule has 2 aromatic carbocycles. The molecule has 0 saturated heterocycles. The van der Waals surface area contributed by atoms with E-state index in [1.165, 1.54) is 55.4 Å². The third kappa shape index (κ3) is 4.13. The summed E-state index contributed by atoms with van der Waals surface area (Å²) in [5.41, 5.74) is 5.14. The molecule has 0 radical (unpaired) electrons. The third-order valence-electron chi connectivity index (χ3n) is 6.34. The maximum Gasteiger partial charge on any atom is 0.415 e. The van der Waals surface area contributed by atoms with Crippen LogP contribution in [0.2, 0.25) is 0 Å². The molecule has 6 rings (SSSR count). The van der Waals surface area contributed by atoms with Crippen molar-refractivity contribution < 1.29 is 4.57 Å². The molecule has 0 fully saturated rings. The molecule has 0 saturated carbocycles. The molecule has 6 aromatic rings. The molecule has 36 heavy (non-hydrogen) atoms. The Hall–Kier alpha value is -2.40. The third-order valence-corrected chi connectivity index (χ3v) is 12.4. The van der Waals surface area contributed by atoms with Crippen LogP contribution in [0.4, 0.5) is 0 Å². The molecule has 1 nitrogen and oxygen atoms in total. The number of aryl methyl sites for hydroxylation is 4. The lowest BCUT2D eigenvalue weighted by molar-refractivity contribution is 0.598. The van der Waals surface area contributed by atoms with Gasteiger partial charge in [0.1, 0.15) is 0 Å². The Bertz CT molecular complexity index is 1750. The van der Waals surface area contributed by atoms with E-state index in [2.05, 4.69) is 58.0 Å². The Morgan fingerprint density at radius 1 is 0.639 bits per heavy atom. The zero-order valence-corrected chi connectivity index (χ0v) is 24.6. The first kappa shape index (κ1) is 24.0. The molecular formula is C30H24OPS4+. The molecule has 0 amide bonds. The highest BCUT2D eigenvalue weighted by molar-refractivity contribution is 7.61. The van der Waals surface area contributed by atoms with Gasteiger partial charge in [0.05, 0.1) is 4.70 Å². The first-order valence-electron chi connectivity index (χ1n) is 11.7. The maximum atomic E-state index is 13.6. The number of thiophene rings is 4. The smallest absolute Gasteiger partial charge is 0.145 e. The van der Waals surface area contributed by atoms with E-state index in [1.807, 2.05) is 87.8 Å². The van der Waals surface area contributed by atoms with Crippen molar-refractivity contribution in [3.8, 4) is 32.0 Å². The normalized spacial score (nSPS) is 11.9. The fourth-order valence-corrected chi connectivity index (χ4v) is 10.9. The Kier molecular flexibility index (Phi) is 6.31. The second kappa shape index (κ2) is 9.48. The van der Waals surface area contributed by atoms with Gasteiger partial charge in [-0.2, -0.15) is 0 Å². The summed E-state index contributed by atoms with van der Waals surface area (Å²) >= 11 is 7.47. The molecule has 0 aliphatic heterocycles. The summed E-state index contributed by atoms with van der Waals surface area (Å²) in [7, 11) is -1.66. The van der Waals surface area contributed by atoms with Crippen LogP contribution in [-0.4, -0.2) is 0 Å². The van der Waals surface area contributed by atoms with Gasteiger partial charge in [-0.05, 0) is 75.7 Å². The van der Waals surface area contributed by atoms with Crippen LogP contribution in [0.15, 0.2) is 72.8 Å². The highest BCUT2D eigenvalue weighted by Gasteiger charge is 2.29. The molecule has 0 bridgehead atoms. The lowest BCUT2D eigenvalue weighted by Gasteiger charge is -2.05. The van der Waals surface area contributed by atoms with Crippen molar-refractivity contribution in [1.29, 1.82) is 0 Å². The minimum atomic E-state index is -1.66. The van der Waals surface area contributed by atoms with Crippen molar-refractivity contribution in [3.05, 3.63) is 92.3 Å². The van der Waals surface area contributed by atoms with E-state index in [4.69, 9.17) is 0 Å². The summed E-state index contributed by atoms with van der Waals surface area (Å²) in [4.78, 5) is 7.98. The summed E-state index contributed by atoms with van der Waals surface area (Å²) in [6.07, 6.45) is 0. The average Bonchev–Trinajstić information content (AvgIpc) is 3.61. The monoisotopic (exact) mass is 559 g/mol. The molecule has 6 heteroatoms. The van der Waals surface area contributed by atoms with E-state index in [9.17, 15) is 4.57 Å². The van der Waals surface area contributed by atoms with Crippen molar-refractivity contribution in [2.24, 2.45) is 0 Å². The predicted octanol–water partition coefficient (Wildman–Crippen LogP) is 10.1. The Morgan fingerprint density at radius 2 is 1.28 bits per heavy atom. The van der Waals surface area contributed by atoms with Crippen LogP contribution >= 0.6 is 53.1 Å². The van der Waals surface area contributed by atoms with E-state index in [1.54, 1.807) is 0 Å². The van der Waals surface area contributed by atoms with Crippen molar-refractivity contribution in [2.45, 2.75) is 27.7 Å². The molecule has 4 aromatic heterocycles. The van der Waals surface area contributed by atoms with Gasteiger partial charge in [0.2, 0.25) is 5.30 Å². The highest BCUT2D eigenvalue weighted by atomic mass is 32.1. The first-order chi connectivity index (χ1) is 17.4. The van der Waals surface area contributed by atoms with E-state index in [-0.39, 0.29) is 0 Å². The van der Waals surface area contributed by atoms with Gasteiger partial charge >= 0.3 is 7.80 Å². The van der Waals surface area contributed by atoms with Gasteiger partial charge in [-0.1, -0.05) is 34.9 Å². The van der Waals surface area contributed by atoms with Gasteiger partial charge in [-0.3, -0.25) is 0 Å². The zero-order valence-electron chi connectivity index (χ0n) is 20.4. The van der Waals surface area contributed by atoms with Crippen LogP contribution in [0.3, 0.4) is 0 Å². The fourth-order valence-electron chi connectivity index (χ4n) is 4.75. The van der Waals surface area contributed by atoms with Gasteiger partial charge in [0.25, 0.3) is 0 Å². The van der Waals surface area contributed by atoms with E-state index >= 15 is 0 Å². The van der Waals surface area contributed by atoms with Crippen LogP contribution < -0.4 is 10.6 Å². The summed E-state index contributed by atoms with van der Waals surface area (Å²) in [6.45, 7) is 8.86. The molecule has 0 spiro atoms. The SMILES string of the molecule is Cc1cc(-c2sc3cc(-c4ccccc4[P+](=O)c4ccccc4)sc3c2-c2cc(C)sc2C)c(C)s1. The quantitative estimate of drug-likeness (QED) is 0.192. The highest BCUT2D eigenvalue weighted by Crippen LogP contribution is 2.52. The molecule has 0 aliphatic rings. The minimum absolute atomic E-state index is 0.869. The van der Waals surface area contributed by atoms with Crippen LogP contribution in [0.1, 0.15) is 19.5 Å². The van der Waals surface area contributed by atoms with Crippen molar-refractivity contribution in [1.82, 2.24) is 0 Å². The van der Waals surface area contributed by atoms with E-state index in [0.717, 1.165) is 16.2 Å². The Balaban J connectivity index is 1.56. The number of benzene rings is 2. The molecule has 0 aliphatic carbocycles. The molecule has 1 atom stereocenters. The Morgan fingerprint density at radius 3 is 1.94 bits per heavy atom. The van der Waals surface area contributed by atoms with Gasteiger partial charge in [0.15, 0.2) is 5.30 Å². The molecule has 1 unspecified atom stereocenters. The van der Waals surface area contributed by atoms with Crippen LogP contribution in [0.5, 0.6) is 0 Å². The Labute approximate surface area is 228 Å². The number of hydrogen-bond donors (Lipinski definition) is 0. The average molecular weight is 560 g/mol. The van der Waals surface area contributed by atoms with Gasteiger partial charge < -0.3 is 0 Å². The van der Waals surface area contributed by atoms with Crippen LogP contribution in [0.25, 0.3) is 41.4 Å². The summed E-state index contributed by atoms with van der Waals surface area (Å²) in [5, 5.41) is 1.77. The number of rotatable bonds is 5. The van der Waals surface area contributed by atoms with E-state index in [0.29, 0.717) is 0 Å². The van der Waals surface area contributed by atoms with Crippen LogP contribution in [-0.2, 0) is 4.57 Å². The zero-order chi connectivity index (χ0) is 25.0. The first-order valence-corrected chi connectivity index (χ1v) is 16.3. The predicted molar refractivity (Wildman–Crippen MR) is 164 cm³/mol. The van der Waals surface area contributed by atoms with Gasteiger partial charge in [0, 0.05) is 50.7 Å². The van der Waals surface area contributed by atoms with E-state index < -0.39 is 7.80 Å². The summed E-state index contributed by atoms with van der Waals surface area (Å²) < 4.78 is 16.2. The van der Waals surface area contributed by atoms with Crippen LogP contribution in [0, 0.1) is 27.7 Å². The molecule has 4 heterocycles. The molecular weight excluding hydrogens is 536 g/mol. The maximum absolute atomic E-state index is 13.6. The van der Waals surface area contributed by atoms with Crippen molar-refractivity contribution in [2.75, 3.05) is 0 Å². The van der Waals surface area contributed by atoms with Gasteiger partial charge in [-0.25, -0.2) is 0 Å². The standard InChI is InChI=1S/C30H24OPS4/c1-17-14-23(19(3)33-17)28-29(24-15-18(2)34-20(24)4)36-27-16-26(35-30(27)28)22-12-8-9-13-25(22)32(31)21-10-6-5-7-11-21/h5-16H,1-4H3/q+1. The minimum Gasteiger partial charge on any atom is -0.145 e. The topological polar surface area (TPSA) is 17.1 Å². The molecule has 178 valence electrons. The summed E-state index contributed by atoms with van der Waals surface area (Å²) in [5.74, 6) is 0. The van der Waals surface area contributed by atoms with Crippen molar-refractivity contribution in [3.63, 3.8) is 0 Å². The number of fused-ring (bicyclic) bond motifs is 1. The lowest BCUT2D eigenvalue weighted by atomic mass is 10.0. The number of hydrogen-bond acceptors (Lipinski definition) is 5. The summed E-state index contributed by atoms with van der Waals surface area (Å²) in [6, 6.07) is 25.0. The van der Waals surface area contributed by atoms with Gasteiger partial charge in [-0.15, -0.1) is 45.3 Å². The molecule has 0 N–H and O–H groups in total. The van der Waals surface area contributed by atoms with Crippen molar-refractivity contribution >= 4 is 73.2 Å².